The van der Waals surface area contributed by atoms with Crippen LogP contribution in [0, 0.1) is 0 Å². The molecule has 0 spiro atoms. The Labute approximate surface area is 148 Å². The van der Waals surface area contributed by atoms with Crippen molar-refractivity contribution < 1.29 is 54.6 Å². The minimum Gasteiger partial charge on any atom is -0.324 e. The molecule has 0 amide bonds. The van der Waals surface area contributed by atoms with Crippen molar-refractivity contribution in [1.82, 2.24) is 0 Å². The maximum Gasteiger partial charge on any atom is 0.329 e. The lowest BCUT2D eigenvalue weighted by molar-refractivity contribution is 0.367. The second kappa shape index (κ2) is 7.76. The molecule has 0 aliphatic carbocycles. The first-order valence-electron chi connectivity index (χ1n) is 6.48. The molecule has 0 saturated heterocycles. The molecule has 1 aromatic carbocycles. The molecule has 6 N–H and O–H groups in total. The molecule has 0 radical (unpaired) electrons. The van der Waals surface area contributed by atoms with Crippen molar-refractivity contribution in [1.29, 1.82) is 0 Å². The van der Waals surface area contributed by atoms with Crippen molar-refractivity contribution in [3.05, 3.63) is 34.4 Å². The molecular formula is C10H16O12P2S2. The number of rotatable bonds is 8. The molecule has 0 unspecified atom stereocenters. The van der Waals surface area contributed by atoms with Crippen molar-refractivity contribution in [2.75, 3.05) is 0 Å². The molecule has 1 rings (SSSR count). The molecule has 12 nitrogen and oxygen atoms in total. The predicted octanol–water partition coefficient (Wildman–Crippen LogP) is -0.182. The topological polar surface area (TPSA) is 224 Å². The van der Waals surface area contributed by atoms with Crippen LogP contribution < -0.4 is 0 Å². The summed E-state index contributed by atoms with van der Waals surface area (Å²) >= 11 is 0. The highest BCUT2D eigenvalue weighted by atomic mass is 32.2. The highest BCUT2D eigenvalue weighted by Gasteiger charge is 2.25. The predicted molar refractivity (Wildman–Crippen MR) is 88.4 cm³/mol. The fraction of sp³-hybridized carbons (Fsp3) is 0.400. The summed E-state index contributed by atoms with van der Waals surface area (Å²) in [5.74, 6) is -2.27. The summed E-state index contributed by atoms with van der Waals surface area (Å²) in [5, 5.41) is 0. The molecule has 0 heterocycles. The largest absolute Gasteiger partial charge is 0.329 e. The van der Waals surface area contributed by atoms with E-state index in [1.165, 1.54) is 0 Å². The van der Waals surface area contributed by atoms with Crippen LogP contribution in [0.25, 0.3) is 0 Å². The third-order valence-electron chi connectivity index (χ3n) is 2.95. The lowest BCUT2D eigenvalue weighted by atomic mass is 10.0. The van der Waals surface area contributed by atoms with E-state index in [2.05, 4.69) is 0 Å². The summed E-state index contributed by atoms with van der Waals surface area (Å²) in [5.41, 5.74) is -1.47. The van der Waals surface area contributed by atoms with Gasteiger partial charge in [0.05, 0.1) is 12.3 Å². The second-order valence-electron chi connectivity index (χ2n) is 5.49. The van der Waals surface area contributed by atoms with Crippen LogP contribution in [0.5, 0.6) is 0 Å². The molecule has 16 heteroatoms. The number of benzene rings is 1. The van der Waals surface area contributed by atoms with Gasteiger partial charge in [0, 0.05) is 0 Å². The van der Waals surface area contributed by atoms with Crippen molar-refractivity contribution >= 4 is 35.4 Å². The summed E-state index contributed by atoms with van der Waals surface area (Å²) in [7, 11) is -18.9. The highest BCUT2D eigenvalue weighted by Crippen LogP contribution is 2.45. The number of hydrogen-bond donors (Lipinski definition) is 6. The smallest absolute Gasteiger partial charge is 0.324 e. The van der Waals surface area contributed by atoms with E-state index in [4.69, 9.17) is 28.7 Å². The summed E-state index contributed by atoms with van der Waals surface area (Å²) in [4.78, 5) is 36.3. The molecule has 26 heavy (non-hydrogen) atoms. The lowest BCUT2D eigenvalue weighted by Crippen LogP contribution is -2.11. The molecule has 0 fully saturated rings. The van der Waals surface area contributed by atoms with Gasteiger partial charge in [0.15, 0.2) is 0 Å². The monoisotopic (exact) mass is 454 g/mol. The van der Waals surface area contributed by atoms with Crippen molar-refractivity contribution in [2.45, 2.75) is 23.8 Å². The van der Waals surface area contributed by atoms with Gasteiger partial charge in [-0.15, -0.1) is 0 Å². The average molecular weight is 454 g/mol. The zero-order valence-electron chi connectivity index (χ0n) is 12.8. The third kappa shape index (κ3) is 9.33. The lowest BCUT2D eigenvalue weighted by Gasteiger charge is -2.17. The molecule has 0 atom stereocenters. The molecule has 0 aromatic heterocycles. The molecule has 0 saturated carbocycles. The Morgan fingerprint density at radius 2 is 0.923 bits per heavy atom. The van der Waals surface area contributed by atoms with Gasteiger partial charge in [-0.25, -0.2) is 0 Å². The zero-order valence-corrected chi connectivity index (χ0v) is 16.2. The van der Waals surface area contributed by atoms with Gasteiger partial charge in [-0.1, -0.05) is 12.1 Å². The summed E-state index contributed by atoms with van der Waals surface area (Å²) in [6, 6.07) is 1.64. The van der Waals surface area contributed by atoms with E-state index in [0.29, 0.717) is 0 Å². The SMILES string of the molecule is O=P(O)(O)Cc1cc(CS(=O)(=O)O)c(CS(=O)(=O)O)cc1CP(=O)(O)O. The normalized spacial score (nSPS) is 13.8. The van der Waals surface area contributed by atoms with Gasteiger partial charge in [0.2, 0.25) is 0 Å². The molecular weight excluding hydrogens is 438 g/mol. The van der Waals surface area contributed by atoms with E-state index in [9.17, 15) is 26.0 Å². The third-order valence-corrected chi connectivity index (χ3v) is 5.81. The van der Waals surface area contributed by atoms with E-state index in [-0.39, 0.29) is 11.1 Å². The molecule has 0 aliphatic rings. The summed E-state index contributed by atoms with van der Waals surface area (Å²) in [6.45, 7) is 0. The van der Waals surface area contributed by atoms with Crippen molar-refractivity contribution in [3.8, 4) is 0 Å². The van der Waals surface area contributed by atoms with Crippen LogP contribution >= 0.6 is 15.2 Å². The van der Waals surface area contributed by atoms with Gasteiger partial charge in [-0.2, -0.15) is 16.8 Å². The Morgan fingerprint density at radius 1 is 0.654 bits per heavy atom. The van der Waals surface area contributed by atoms with Crippen LogP contribution in [0.4, 0.5) is 0 Å². The van der Waals surface area contributed by atoms with Crippen molar-refractivity contribution in [2.24, 2.45) is 0 Å². The van der Waals surface area contributed by atoms with Gasteiger partial charge in [-0.3, -0.25) is 18.2 Å². The van der Waals surface area contributed by atoms with E-state index >= 15 is 0 Å². The van der Waals surface area contributed by atoms with Crippen LogP contribution in [-0.2, 0) is 53.2 Å². The quantitative estimate of drug-likeness (QED) is 0.222. The molecule has 0 aliphatic heterocycles. The zero-order chi connectivity index (χ0) is 20.6. The first-order chi connectivity index (χ1) is 11.3. The molecule has 150 valence electrons. The van der Waals surface area contributed by atoms with Crippen LogP contribution in [0.15, 0.2) is 12.1 Å². The Hall–Kier alpha value is -0.660. The van der Waals surface area contributed by atoms with Crippen molar-refractivity contribution in [3.63, 3.8) is 0 Å². The van der Waals surface area contributed by atoms with Crippen LogP contribution in [0.2, 0.25) is 0 Å². The Balaban J connectivity index is 3.68. The fourth-order valence-electron chi connectivity index (χ4n) is 2.19. The number of hydrogen-bond acceptors (Lipinski definition) is 6. The maximum absolute atomic E-state index is 11.2. The fourth-order valence-corrected chi connectivity index (χ4v) is 4.99. The van der Waals surface area contributed by atoms with Crippen LogP contribution in [-0.4, -0.2) is 45.5 Å². The summed E-state index contributed by atoms with van der Waals surface area (Å²) in [6.07, 6.45) is -2.01. The first-order valence-corrected chi connectivity index (χ1v) is 13.3. The molecule has 1 aromatic rings. The first kappa shape index (κ1) is 23.4. The van der Waals surface area contributed by atoms with E-state index in [1.54, 1.807) is 0 Å². The Bertz CT molecular complexity index is 904. The van der Waals surface area contributed by atoms with Gasteiger partial charge in [0.25, 0.3) is 20.2 Å². The van der Waals surface area contributed by atoms with E-state index in [0.717, 1.165) is 12.1 Å². The Morgan fingerprint density at radius 3 is 1.12 bits per heavy atom. The maximum atomic E-state index is 11.2. The van der Waals surface area contributed by atoms with Gasteiger partial charge in [0.1, 0.15) is 11.5 Å². The Kier molecular flexibility index (Phi) is 6.98. The van der Waals surface area contributed by atoms with Crippen LogP contribution in [0.3, 0.4) is 0 Å². The minimum atomic E-state index is -4.74. The minimum absolute atomic E-state index is 0.334. The standard InChI is InChI=1S/C10H16O12P2S2/c11-23(12,13)3-7-1-9(5-25(17,18)19)10(6-26(20,21)22)2-8(7)4-24(14,15)16/h1-2H,3-6H2,(H2,11,12,13)(H2,14,15,16)(H,17,18,19)(H,20,21,22). The summed E-state index contributed by atoms with van der Waals surface area (Å²) < 4.78 is 84.7. The second-order valence-corrected chi connectivity index (χ2v) is 11.7. The van der Waals surface area contributed by atoms with Gasteiger partial charge < -0.3 is 19.6 Å². The molecule has 0 bridgehead atoms. The van der Waals surface area contributed by atoms with E-state index in [1.807, 2.05) is 0 Å². The van der Waals surface area contributed by atoms with Gasteiger partial charge in [-0.05, 0) is 22.3 Å². The highest BCUT2D eigenvalue weighted by molar-refractivity contribution is 7.85. The average Bonchev–Trinajstić information content (AvgIpc) is 2.26. The van der Waals surface area contributed by atoms with E-state index < -0.39 is 70.4 Å². The van der Waals surface area contributed by atoms with Gasteiger partial charge >= 0.3 is 15.2 Å². The van der Waals surface area contributed by atoms with Crippen LogP contribution in [0.1, 0.15) is 22.3 Å².